The Labute approximate surface area is 142 Å². The van der Waals surface area contributed by atoms with Crippen LogP contribution in [0.3, 0.4) is 0 Å². The summed E-state index contributed by atoms with van der Waals surface area (Å²) < 4.78 is 0. The van der Waals surface area contributed by atoms with Gasteiger partial charge in [-0.1, -0.05) is 48.0 Å². The van der Waals surface area contributed by atoms with Gasteiger partial charge in [0, 0.05) is 23.7 Å². The van der Waals surface area contributed by atoms with E-state index in [1.165, 1.54) is 16.7 Å². The molecular weight excluding hydrogens is 308 g/mol. The first kappa shape index (κ1) is 16.0. The number of carbonyl (C=O) groups excluding carboxylic acids is 1. The Balaban J connectivity index is 1.55. The maximum absolute atomic E-state index is 12.5. The molecule has 120 valence electrons. The molecule has 3 nitrogen and oxygen atoms in total. The molecule has 4 heteroatoms. The Bertz CT molecular complexity index is 684. The van der Waals surface area contributed by atoms with Crippen molar-refractivity contribution in [3.05, 3.63) is 70.2 Å². The molecule has 0 unspecified atom stereocenters. The molecule has 2 aromatic rings. The van der Waals surface area contributed by atoms with Crippen LogP contribution in [0.4, 0.5) is 0 Å². The second-order valence-corrected chi connectivity index (χ2v) is 6.55. The van der Waals surface area contributed by atoms with Crippen molar-refractivity contribution >= 4 is 17.5 Å². The zero-order valence-corrected chi connectivity index (χ0v) is 14.1. The van der Waals surface area contributed by atoms with E-state index in [-0.39, 0.29) is 11.9 Å². The van der Waals surface area contributed by atoms with Crippen molar-refractivity contribution in [2.45, 2.75) is 25.9 Å². The van der Waals surface area contributed by atoms with Gasteiger partial charge in [0.1, 0.15) is 6.04 Å². The Morgan fingerprint density at radius 2 is 1.87 bits per heavy atom. The largest absolute Gasteiger partial charge is 0.333 e. The monoisotopic (exact) mass is 329 g/mol. The number of nitrogens with two attached hydrogens (primary N) is 1. The summed E-state index contributed by atoms with van der Waals surface area (Å²) >= 11 is 5.92. The summed E-state index contributed by atoms with van der Waals surface area (Å²) in [6.07, 6.45) is 0.953. The molecule has 0 aliphatic carbocycles. The van der Waals surface area contributed by atoms with E-state index in [9.17, 15) is 4.79 Å². The van der Waals surface area contributed by atoms with E-state index in [4.69, 9.17) is 11.6 Å². The van der Waals surface area contributed by atoms with Gasteiger partial charge in [-0.15, -0.1) is 0 Å². The summed E-state index contributed by atoms with van der Waals surface area (Å²) in [6.45, 7) is 4.14. The number of quaternary nitrogens is 1. The third-order valence-corrected chi connectivity index (χ3v) is 4.78. The predicted molar refractivity (Wildman–Crippen MR) is 92.2 cm³/mol. The minimum atomic E-state index is 0.209. The van der Waals surface area contributed by atoms with Gasteiger partial charge in [-0.25, -0.2) is 0 Å². The molecule has 3 rings (SSSR count). The van der Waals surface area contributed by atoms with Gasteiger partial charge in [0.05, 0.1) is 0 Å². The van der Waals surface area contributed by atoms with Crippen LogP contribution in [-0.4, -0.2) is 23.9 Å². The summed E-state index contributed by atoms with van der Waals surface area (Å²) in [5.41, 5.74) is 3.83. The Morgan fingerprint density at radius 1 is 1.17 bits per heavy atom. The average Bonchev–Trinajstić information content (AvgIpc) is 2.59. The average molecular weight is 330 g/mol. The van der Waals surface area contributed by atoms with Gasteiger partial charge < -0.3 is 10.2 Å². The maximum atomic E-state index is 12.5. The van der Waals surface area contributed by atoms with Gasteiger partial charge in [-0.2, -0.15) is 0 Å². The molecule has 0 saturated heterocycles. The minimum Gasteiger partial charge on any atom is -0.333 e. The lowest BCUT2D eigenvalue weighted by Crippen LogP contribution is -2.87. The standard InChI is InChI=1S/C19H21ClN2O/c1-14(15-6-8-18(20)9-7-15)21-12-19(23)22-11-10-16-4-2-3-5-17(16)13-22/h2-9,14,21H,10-13H2,1H3/p+1/t14-/m1/s1. The number of carbonyl (C=O) groups is 1. The molecule has 0 aromatic heterocycles. The molecule has 2 N–H and O–H groups in total. The van der Waals surface area contributed by atoms with E-state index in [0.717, 1.165) is 24.5 Å². The molecule has 1 atom stereocenters. The highest BCUT2D eigenvalue weighted by Gasteiger charge is 2.22. The summed E-state index contributed by atoms with van der Waals surface area (Å²) in [7, 11) is 0. The second kappa shape index (κ2) is 7.16. The zero-order valence-electron chi connectivity index (χ0n) is 13.3. The van der Waals surface area contributed by atoms with Crippen molar-refractivity contribution in [2.75, 3.05) is 13.1 Å². The SMILES string of the molecule is C[C@@H]([NH2+]CC(=O)N1CCc2ccccc2C1)c1ccc(Cl)cc1. The van der Waals surface area contributed by atoms with Gasteiger partial charge in [0.15, 0.2) is 6.54 Å². The topological polar surface area (TPSA) is 36.9 Å². The number of rotatable bonds is 4. The molecule has 1 aliphatic heterocycles. The molecule has 0 bridgehead atoms. The molecule has 0 spiro atoms. The lowest BCUT2D eigenvalue weighted by Gasteiger charge is -2.28. The van der Waals surface area contributed by atoms with Crippen LogP contribution < -0.4 is 5.32 Å². The first-order chi connectivity index (χ1) is 11.1. The van der Waals surface area contributed by atoms with Crippen LogP contribution in [0.1, 0.15) is 29.7 Å². The third kappa shape index (κ3) is 3.92. The first-order valence-corrected chi connectivity index (χ1v) is 8.44. The summed E-state index contributed by atoms with van der Waals surface area (Å²) in [5.74, 6) is 0.209. The van der Waals surface area contributed by atoms with Crippen molar-refractivity contribution in [1.82, 2.24) is 4.90 Å². The van der Waals surface area contributed by atoms with Crippen molar-refractivity contribution < 1.29 is 10.1 Å². The molecule has 1 aliphatic rings. The summed E-state index contributed by atoms with van der Waals surface area (Å²) in [6, 6.07) is 16.5. The van der Waals surface area contributed by atoms with E-state index in [2.05, 4.69) is 30.4 Å². The minimum absolute atomic E-state index is 0.209. The molecular formula is C19H22ClN2O+. The molecule has 1 heterocycles. The lowest BCUT2D eigenvalue weighted by molar-refractivity contribution is -0.683. The Hall–Kier alpha value is -1.84. The Morgan fingerprint density at radius 3 is 2.61 bits per heavy atom. The first-order valence-electron chi connectivity index (χ1n) is 8.07. The van der Waals surface area contributed by atoms with E-state index in [1.54, 1.807) is 0 Å². The van der Waals surface area contributed by atoms with Crippen molar-refractivity contribution in [1.29, 1.82) is 0 Å². The zero-order chi connectivity index (χ0) is 16.2. The number of hydrogen-bond acceptors (Lipinski definition) is 1. The number of amides is 1. The van der Waals surface area contributed by atoms with E-state index in [1.807, 2.05) is 35.2 Å². The number of halogens is 1. The lowest BCUT2D eigenvalue weighted by atomic mass is 10.00. The maximum Gasteiger partial charge on any atom is 0.278 e. The van der Waals surface area contributed by atoms with E-state index < -0.39 is 0 Å². The second-order valence-electron chi connectivity index (χ2n) is 6.11. The van der Waals surface area contributed by atoms with Gasteiger partial charge >= 0.3 is 0 Å². The van der Waals surface area contributed by atoms with Crippen LogP contribution in [0.15, 0.2) is 48.5 Å². The number of benzene rings is 2. The number of nitrogens with zero attached hydrogens (tertiary/aromatic N) is 1. The van der Waals surface area contributed by atoms with E-state index >= 15 is 0 Å². The fourth-order valence-electron chi connectivity index (χ4n) is 3.02. The van der Waals surface area contributed by atoms with Crippen molar-refractivity contribution in [2.24, 2.45) is 0 Å². The van der Waals surface area contributed by atoms with Crippen molar-refractivity contribution in [3.63, 3.8) is 0 Å². The van der Waals surface area contributed by atoms with Crippen LogP contribution in [0.25, 0.3) is 0 Å². The molecule has 23 heavy (non-hydrogen) atoms. The molecule has 0 radical (unpaired) electrons. The van der Waals surface area contributed by atoms with Gasteiger partial charge in [0.2, 0.25) is 0 Å². The van der Waals surface area contributed by atoms with Crippen LogP contribution in [0.5, 0.6) is 0 Å². The highest BCUT2D eigenvalue weighted by atomic mass is 35.5. The predicted octanol–water partition coefficient (Wildman–Crippen LogP) is 2.55. The quantitative estimate of drug-likeness (QED) is 0.919. The fraction of sp³-hybridized carbons (Fsp3) is 0.316. The Kier molecular flexibility index (Phi) is 4.99. The smallest absolute Gasteiger partial charge is 0.278 e. The highest BCUT2D eigenvalue weighted by Crippen LogP contribution is 2.18. The molecule has 0 fully saturated rings. The van der Waals surface area contributed by atoms with Crippen LogP contribution in [0.2, 0.25) is 5.02 Å². The molecule has 2 aromatic carbocycles. The summed E-state index contributed by atoms with van der Waals surface area (Å²) in [5, 5.41) is 2.83. The van der Waals surface area contributed by atoms with Crippen LogP contribution in [0, 0.1) is 0 Å². The molecule has 1 amide bonds. The third-order valence-electron chi connectivity index (χ3n) is 4.53. The van der Waals surface area contributed by atoms with Gasteiger partial charge in [0.25, 0.3) is 5.91 Å². The van der Waals surface area contributed by atoms with Crippen LogP contribution in [-0.2, 0) is 17.8 Å². The molecule has 0 saturated carbocycles. The van der Waals surface area contributed by atoms with E-state index in [0.29, 0.717) is 6.54 Å². The highest BCUT2D eigenvalue weighted by molar-refractivity contribution is 6.30. The van der Waals surface area contributed by atoms with Gasteiger partial charge in [-0.3, -0.25) is 4.79 Å². The normalized spacial score (nSPS) is 15.1. The fourth-order valence-corrected chi connectivity index (χ4v) is 3.14. The summed E-state index contributed by atoms with van der Waals surface area (Å²) in [4.78, 5) is 14.4. The van der Waals surface area contributed by atoms with Crippen LogP contribution >= 0.6 is 11.6 Å². The number of fused-ring (bicyclic) bond motifs is 1. The number of hydrogen-bond donors (Lipinski definition) is 1. The van der Waals surface area contributed by atoms with Crippen molar-refractivity contribution in [3.8, 4) is 0 Å². The van der Waals surface area contributed by atoms with Gasteiger partial charge in [-0.05, 0) is 36.6 Å².